The highest BCUT2D eigenvalue weighted by molar-refractivity contribution is 5.83. The predicted octanol–water partition coefficient (Wildman–Crippen LogP) is 5.34. The van der Waals surface area contributed by atoms with Crippen molar-refractivity contribution in [3.63, 3.8) is 0 Å². The lowest BCUT2D eigenvalue weighted by Crippen LogP contribution is -2.38. The third kappa shape index (κ3) is 3.91. The Morgan fingerprint density at radius 2 is 1.89 bits per heavy atom. The summed E-state index contributed by atoms with van der Waals surface area (Å²) < 4.78 is 3.98. The van der Waals surface area contributed by atoms with Gasteiger partial charge in [0.15, 0.2) is 0 Å². The molecule has 3 aromatic heterocycles. The number of benzene rings is 1. The van der Waals surface area contributed by atoms with Gasteiger partial charge in [0.1, 0.15) is 5.82 Å². The third-order valence-electron chi connectivity index (χ3n) is 7.40. The van der Waals surface area contributed by atoms with E-state index in [0.717, 1.165) is 54.3 Å². The van der Waals surface area contributed by atoms with Crippen LogP contribution in [0.15, 0.2) is 53.6 Å². The summed E-state index contributed by atoms with van der Waals surface area (Å²) in [4.78, 5) is 22.7. The molecule has 0 atom stereocenters. The molecule has 1 fully saturated rings. The highest BCUT2D eigenvalue weighted by Crippen LogP contribution is 2.37. The predicted molar refractivity (Wildman–Crippen MR) is 145 cm³/mol. The van der Waals surface area contributed by atoms with Crippen LogP contribution in [-0.4, -0.2) is 25.9 Å². The van der Waals surface area contributed by atoms with Crippen LogP contribution < -0.4 is 16.2 Å². The lowest BCUT2D eigenvalue weighted by atomic mass is 9.79. The molecule has 6 rings (SSSR count). The summed E-state index contributed by atoms with van der Waals surface area (Å²) in [6.45, 7) is 12.9. The number of nitrogens with zero attached hydrogens (tertiary/aromatic N) is 4. The van der Waals surface area contributed by atoms with E-state index in [1.54, 1.807) is 6.20 Å². The Balaban J connectivity index is 1.45. The van der Waals surface area contributed by atoms with Gasteiger partial charge in [-0.15, -0.1) is 0 Å². The standard InChI is InChI=1S/C29H34N6O/c1-28(2,3)25-13-21(10-11-31-25)34-24-14-26(32-16-22(24)27(36)35(34)20-7-8-20)33-19-6-9-23-18(12-19)15-30-17-29(23,4)5/h6,9-14,16,20,30H,7-8,15,17H2,1-5H3,(H,32,33). The minimum atomic E-state index is -0.0895. The quantitative estimate of drug-likeness (QED) is 0.411. The SMILES string of the molecule is CC(C)(C)c1cc(-n2c3cc(Nc4ccc5c(c4)CNCC5(C)C)ncc3c(=O)n2C2CC2)ccn1. The van der Waals surface area contributed by atoms with E-state index in [1.807, 2.05) is 23.0 Å². The van der Waals surface area contributed by atoms with Crippen molar-refractivity contribution in [2.45, 2.75) is 70.9 Å². The van der Waals surface area contributed by atoms with E-state index in [9.17, 15) is 4.79 Å². The van der Waals surface area contributed by atoms with Crippen molar-refractivity contribution in [1.82, 2.24) is 24.6 Å². The molecule has 7 heteroatoms. The van der Waals surface area contributed by atoms with Crippen molar-refractivity contribution in [3.8, 4) is 5.69 Å². The van der Waals surface area contributed by atoms with Crippen LogP contribution in [0.1, 0.15) is 70.3 Å². The number of nitrogens with one attached hydrogen (secondary N) is 2. The number of hydrogen-bond acceptors (Lipinski definition) is 5. The van der Waals surface area contributed by atoms with Gasteiger partial charge in [-0.25, -0.2) is 14.3 Å². The van der Waals surface area contributed by atoms with Crippen LogP contribution in [0.3, 0.4) is 0 Å². The molecule has 7 nitrogen and oxygen atoms in total. The zero-order chi connectivity index (χ0) is 25.2. The molecule has 36 heavy (non-hydrogen) atoms. The molecule has 4 heterocycles. The van der Waals surface area contributed by atoms with Gasteiger partial charge in [0.25, 0.3) is 5.56 Å². The second kappa shape index (κ2) is 8.03. The minimum Gasteiger partial charge on any atom is -0.340 e. The van der Waals surface area contributed by atoms with Gasteiger partial charge < -0.3 is 10.6 Å². The average molecular weight is 483 g/mol. The van der Waals surface area contributed by atoms with E-state index in [2.05, 4.69) is 84.2 Å². The molecule has 1 saturated carbocycles. The maximum atomic E-state index is 13.4. The van der Waals surface area contributed by atoms with Crippen LogP contribution in [0.2, 0.25) is 0 Å². The molecular weight excluding hydrogens is 448 g/mol. The molecule has 1 aliphatic carbocycles. The van der Waals surface area contributed by atoms with E-state index in [4.69, 9.17) is 0 Å². The van der Waals surface area contributed by atoms with Crippen molar-refractivity contribution < 1.29 is 0 Å². The summed E-state index contributed by atoms with van der Waals surface area (Å²) >= 11 is 0. The smallest absolute Gasteiger partial charge is 0.276 e. The summed E-state index contributed by atoms with van der Waals surface area (Å²) in [6, 6.07) is 12.9. The monoisotopic (exact) mass is 482 g/mol. The maximum absolute atomic E-state index is 13.4. The number of fused-ring (bicyclic) bond motifs is 2. The molecule has 0 spiro atoms. The second-order valence-corrected chi connectivity index (χ2v) is 11.9. The number of hydrogen-bond donors (Lipinski definition) is 2. The van der Waals surface area contributed by atoms with Crippen LogP contribution in [0.5, 0.6) is 0 Å². The molecule has 0 radical (unpaired) electrons. The van der Waals surface area contributed by atoms with E-state index >= 15 is 0 Å². The highest BCUT2D eigenvalue weighted by Gasteiger charge is 2.31. The van der Waals surface area contributed by atoms with E-state index in [-0.39, 0.29) is 22.4 Å². The summed E-state index contributed by atoms with van der Waals surface area (Å²) in [6.07, 6.45) is 5.59. The van der Waals surface area contributed by atoms with Crippen molar-refractivity contribution >= 4 is 22.4 Å². The molecular formula is C29H34N6O. The molecule has 2 N–H and O–H groups in total. The van der Waals surface area contributed by atoms with Crippen LogP contribution in [-0.2, 0) is 17.4 Å². The third-order valence-corrected chi connectivity index (χ3v) is 7.40. The fourth-order valence-corrected chi connectivity index (χ4v) is 5.29. The summed E-state index contributed by atoms with van der Waals surface area (Å²) in [7, 11) is 0. The van der Waals surface area contributed by atoms with Crippen molar-refractivity contribution in [2.75, 3.05) is 11.9 Å². The zero-order valence-corrected chi connectivity index (χ0v) is 21.7. The lowest BCUT2D eigenvalue weighted by Gasteiger charge is -2.33. The first-order valence-electron chi connectivity index (χ1n) is 12.8. The summed E-state index contributed by atoms with van der Waals surface area (Å²) in [5.74, 6) is 0.720. The van der Waals surface area contributed by atoms with Gasteiger partial charge in [-0.2, -0.15) is 0 Å². The molecule has 0 bridgehead atoms. The van der Waals surface area contributed by atoms with Crippen LogP contribution >= 0.6 is 0 Å². The fourth-order valence-electron chi connectivity index (χ4n) is 5.29. The van der Waals surface area contributed by atoms with Gasteiger partial charge in [-0.05, 0) is 48.2 Å². The van der Waals surface area contributed by atoms with Gasteiger partial charge in [0.05, 0.1) is 22.6 Å². The van der Waals surface area contributed by atoms with Crippen molar-refractivity contribution in [3.05, 3.63) is 76.0 Å². The molecule has 186 valence electrons. The Labute approximate surface area is 211 Å². The number of rotatable bonds is 4. The summed E-state index contributed by atoms with van der Waals surface area (Å²) in [5.41, 5.74) is 6.53. The van der Waals surface area contributed by atoms with Gasteiger partial charge in [-0.3, -0.25) is 9.78 Å². The van der Waals surface area contributed by atoms with Crippen molar-refractivity contribution in [2.24, 2.45) is 0 Å². The highest BCUT2D eigenvalue weighted by atomic mass is 16.1. The van der Waals surface area contributed by atoms with E-state index in [1.165, 1.54) is 11.1 Å². The van der Waals surface area contributed by atoms with Crippen LogP contribution in [0.25, 0.3) is 16.6 Å². The first kappa shape index (κ1) is 23.0. The number of anilines is 2. The maximum Gasteiger partial charge on any atom is 0.276 e. The van der Waals surface area contributed by atoms with Gasteiger partial charge in [0, 0.05) is 53.8 Å². The van der Waals surface area contributed by atoms with E-state index < -0.39 is 0 Å². The largest absolute Gasteiger partial charge is 0.340 e. The second-order valence-electron chi connectivity index (χ2n) is 11.9. The fraction of sp³-hybridized carbons (Fsp3) is 0.414. The molecule has 1 aliphatic heterocycles. The molecule has 4 aromatic rings. The topological polar surface area (TPSA) is 76.8 Å². The minimum absolute atomic E-state index is 0.0164. The average Bonchev–Trinajstić information content (AvgIpc) is 3.62. The van der Waals surface area contributed by atoms with Gasteiger partial charge in [-0.1, -0.05) is 40.7 Å². The van der Waals surface area contributed by atoms with E-state index in [0.29, 0.717) is 5.39 Å². The van der Waals surface area contributed by atoms with Gasteiger partial charge in [0.2, 0.25) is 0 Å². The Kier molecular flexibility index (Phi) is 5.13. The van der Waals surface area contributed by atoms with Crippen LogP contribution in [0, 0.1) is 0 Å². The Morgan fingerprint density at radius 1 is 1.08 bits per heavy atom. The lowest BCUT2D eigenvalue weighted by molar-refractivity contribution is 0.435. The number of pyridine rings is 2. The van der Waals surface area contributed by atoms with Crippen molar-refractivity contribution in [1.29, 1.82) is 0 Å². The normalized spacial score (nSPS) is 17.2. The Hall–Kier alpha value is -3.45. The Morgan fingerprint density at radius 3 is 2.64 bits per heavy atom. The molecule has 0 amide bonds. The first-order valence-corrected chi connectivity index (χ1v) is 12.8. The molecule has 0 unspecified atom stereocenters. The molecule has 2 aliphatic rings. The number of aromatic nitrogens is 4. The van der Waals surface area contributed by atoms with Crippen LogP contribution in [0.4, 0.5) is 11.5 Å². The van der Waals surface area contributed by atoms with Gasteiger partial charge >= 0.3 is 0 Å². The first-order chi connectivity index (χ1) is 17.1. The zero-order valence-electron chi connectivity index (χ0n) is 21.7. The summed E-state index contributed by atoms with van der Waals surface area (Å²) in [5, 5.41) is 7.65. The molecule has 0 saturated heterocycles. The Bertz CT molecular complexity index is 1530. The molecule has 1 aromatic carbocycles.